The molecule has 2 rings (SSSR count). The van der Waals surface area contributed by atoms with Crippen molar-refractivity contribution < 1.29 is 9.47 Å². The fourth-order valence-electron chi connectivity index (χ4n) is 1.32. The molecule has 4 nitrogen and oxygen atoms in total. The molecule has 0 saturated heterocycles. The van der Waals surface area contributed by atoms with Gasteiger partial charge < -0.3 is 9.47 Å². The molecule has 0 unspecified atom stereocenters. The van der Waals surface area contributed by atoms with Crippen molar-refractivity contribution in [3.8, 4) is 23.6 Å². The fourth-order valence-corrected chi connectivity index (χ4v) is 1.32. The molecule has 68 valence electrons. The molecule has 0 fully saturated rings. The summed E-state index contributed by atoms with van der Waals surface area (Å²) in [6.45, 7) is 0.177. The van der Waals surface area contributed by atoms with Gasteiger partial charge in [-0.05, 0) is 11.6 Å². The van der Waals surface area contributed by atoms with E-state index in [4.69, 9.17) is 20.0 Å². The highest BCUT2D eigenvalue weighted by molar-refractivity contribution is 5.53. The van der Waals surface area contributed by atoms with Crippen LogP contribution in [0.5, 0.6) is 11.5 Å². The lowest BCUT2D eigenvalue weighted by atomic mass is 10.1. The molecule has 4 heteroatoms. The summed E-state index contributed by atoms with van der Waals surface area (Å²) in [5.74, 6) is 1.18. The van der Waals surface area contributed by atoms with Gasteiger partial charge in [0.25, 0.3) is 0 Å². The van der Waals surface area contributed by atoms with E-state index in [-0.39, 0.29) is 13.2 Å². The van der Waals surface area contributed by atoms with E-state index in [9.17, 15) is 0 Å². The largest absolute Gasteiger partial charge is 0.454 e. The van der Waals surface area contributed by atoms with E-state index >= 15 is 0 Å². The van der Waals surface area contributed by atoms with Gasteiger partial charge in [0.15, 0.2) is 11.5 Å². The summed E-state index contributed by atoms with van der Waals surface area (Å²) in [4.78, 5) is 0. The predicted molar refractivity (Wildman–Crippen MR) is 46.6 cm³/mol. The molecule has 0 aromatic heterocycles. The van der Waals surface area contributed by atoms with Crippen LogP contribution in [-0.4, -0.2) is 6.79 Å². The van der Waals surface area contributed by atoms with Crippen molar-refractivity contribution in [2.24, 2.45) is 0 Å². The average molecular weight is 186 g/mol. The first-order chi connectivity index (χ1) is 6.85. The van der Waals surface area contributed by atoms with Crippen molar-refractivity contribution in [2.45, 2.75) is 6.42 Å². The fraction of sp³-hybridized carbons (Fsp3) is 0.200. The van der Waals surface area contributed by atoms with E-state index < -0.39 is 0 Å². The monoisotopic (exact) mass is 186 g/mol. The van der Waals surface area contributed by atoms with E-state index in [0.717, 1.165) is 0 Å². The molecule has 1 aromatic carbocycles. The number of nitriles is 2. The maximum atomic E-state index is 8.82. The predicted octanol–water partition coefficient (Wildman–Crippen LogP) is 1.35. The zero-order valence-corrected chi connectivity index (χ0v) is 7.28. The van der Waals surface area contributed by atoms with Gasteiger partial charge in [-0.1, -0.05) is 0 Å². The first kappa shape index (κ1) is 8.40. The first-order valence-corrected chi connectivity index (χ1v) is 4.04. The van der Waals surface area contributed by atoms with E-state index in [1.54, 1.807) is 12.1 Å². The molecule has 1 aliphatic heterocycles. The second-order valence-corrected chi connectivity index (χ2v) is 2.81. The van der Waals surface area contributed by atoms with E-state index in [2.05, 4.69) is 0 Å². The standard InChI is InChI=1S/C10H6N2O2/c11-2-1-7-3-9-10(14-6-13-9)4-8(7)5-12/h3-4H,1,6H2. The van der Waals surface area contributed by atoms with E-state index in [1.807, 2.05) is 12.1 Å². The van der Waals surface area contributed by atoms with Crippen molar-refractivity contribution in [3.05, 3.63) is 23.3 Å². The number of nitrogens with zero attached hydrogens (tertiary/aromatic N) is 2. The minimum absolute atomic E-state index is 0.177. The van der Waals surface area contributed by atoms with Crippen LogP contribution in [0.15, 0.2) is 12.1 Å². The van der Waals surface area contributed by atoms with Gasteiger partial charge in [-0.3, -0.25) is 0 Å². The second-order valence-electron chi connectivity index (χ2n) is 2.81. The molecule has 0 amide bonds. The third kappa shape index (κ3) is 1.23. The molecule has 0 aliphatic carbocycles. The normalized spacial score (nSPS) is 11.9. The summed E-state index contributed by atoms with van der Waals surface area (Å²) in [7, 11) is 0. The Bertz CT molecular complexity index is 454. The van der Waals surface area contributed by atoms with Crippen LogP contribution in [0.25, 0.3) is 0 Å². The molecule has 0 atom stereocenters. The molecule has 1 aromatic rings. The molecule has 0 spiro atoms. The van der Waals surface area contributed by atoms with Crippen LogP contribution in [0.3, 0.4) is 0 Å². The van der Waals surface area contributed by atoms with Gasteiger partial charge in [-0.2, -0.15) is 10.5 Å². The Labute approximate surface area is 80.9 Å². The van der Waals surface area contributed by atoms with Crippen LogP contribution in [0.4, 0.5) is 0 Å². The molecule has 14 heavy (non-hydrogen) atoms. The van der Waals surface area contributed by atoms with Crippen molar-refractivity contribution in [2.75, 3.05) is 6.79 Å². The smallest absolute Gasteiger partial charge is 0.231 e. The lowest BCUT2D eigenvalue weighted by Gasteiger charge is -2.01. The van der Waals surface area contributed by atoms with Gasteiger partial charge in [0.2, 0.25) is 6.79 Å². The molecule has 0 radical (unpaired) electrons. The van der Waals surface area contributed by atoms with Crippen LogP contribution in [0.2, 0.25) is 0 Å². The van der Waals surface area contributed by atoms with Crippen LogP contribution < -0.4 is 9.47 Å². The highest BCUT2D eigenvalue weighted by atomic mass is 16.7. The van der Waals surface area contributed by atoms with Crippen LogP contribution in [-0.2, 0) is 6.42 Å². The highest BCUT2D eigenvalue weighted by Crippen LogP contribution is 2.34. The Hall–Kier alpha value is -2.20. The Balaban J connectivity index is 2.51. The Morgan fingerprint density at radius 3 is 2.57 bits per heavy atom. The Morgan fingerprint density at radius 1 is 1.21 bits per heavy atom. The minimum Gasteiger partial charge on any atom is -0.454 e. The third-order valence-corrected chi connectivity index (χ3v) is 1.99. The van der Waals surface area contributed by atoms with Gasteiger partial charge >= 0.3 is 0 Å². The number of hydrogen-bond donors (Lipinski definition) is 0. The van der Waals surface area contributed by atoms with Gasteiger partial charge in [0.05, 0.1) is 24.1 Å². The third-order valence-electron chi connectivity index (χ3n) is 1.99. The summed E-state index contributed by atoms with van der Waals surface area (Å²) in [6, 6.07) is 7.32. The minimum atomic E-state index is 0.177. The summed E-state index contributed by atoms with van der Waals surface area (Å²) in [5.41, 5.74) is 1.15. The SMILES string of the molecule is N#CCc1cc2c(cc1C#N)OCO2. The number of fused-ring (bicyclic) bond motifs is 1. The zero-order chi connectivity index (χ0) is 9.97. The number of benzene rings is 1. The van der Waals surface area contributed by atoms with Gasteiger partial charge in [0.1, 0.15) is 0 Å². The number of hydrogen-bond acceptors (Lipinski definition) is 4. The lowest BCUT2D eigenvalue weighted by Crippen LogP contribution is -1.92. The summed E-state index contributed by atoms with van der Waals surface area (Å²) < 4.78 is 10.3. The van der Waals surface area contributed by atoms with Crippen LogP contribution in [0.1, 0.15) is 11.1 Å². The molecule has 1 aliphatic rings. The summed E-state index contributed by atoms with van der Waals surface area (Å²) in [5, 5.41) is 17.4. The number of rotatable bonds is 1. The van der Waals surface area contributed by atoms with Crippen molar-refractivity contribution in [1.82, 2.24) is 0 Å². The Morgan fingerprint density at radius 2 is 1.93 bits per heavy atom. The van der Waals surface area contributed by atoms with Gasteiger partial charge in [-0.15, -0.1) is 0 Å². The summed E-state index contributed by atoms with van der Waals surface area (Å²) >= 11 is 0. The zero-order valence-electron chi connectivity index (χ0n) is 7.28. The molecular formula is C10H6N2O2. The van der Waals surface area contributed by atoms with Gasteiger partial charge in [-0.25, -0.2) is 0 Å². The first-order valence-electron chi connectivity index (χ1n) is 4.04. The molecule has 0 N–H and O–H groups in total. The topological polar surface area (TPSA) is 66.0 Å². The highest BCUT2D eigenvalue weighted by Gasteiger charge is 2.16. The van der Waals surface area contributed by atoms with Gasteiger partial charge in [0, 0.05) is 6.07 Å². The molecular weight excluding hydrogens is 180 g/mol. The van der Waals surface area contributed by atoms with E-state index in [0.29, 0.717) is 22.6 Å². The summed E-state index contributed by atoms with van der Waals surface area (Å²) in [6.07, 6.45) is 0.208. The molecule has 0 saturated carbocycles. The molecule has 1 heterocycles. The van der Waals surface area contributed by atoms with Crippen molar-refractivity contribution >= 4 is 0 Å². The lowest BCUT2D eigenvalue weighted by molar-refractivity contribution is 0.174. The van der Waals surface area contributed by atoms with Crippen molar-refractivity contribution in [1.29, 1.82) is 10.5 Å². The van der Waals surface area contributed by atoms with E-state index in [1.165, 1.54) is 0 Å². The maximum absolute atomic E-state index is 8.82. The Kier molecular flexibility index (Phi) is 1.96. The average Bonchev–Trinajstić information content (AvgIpc) is 2.64. The maximum Gasteiger partial charge on any atom is 0.231 e. The molecule has 0 bridgehead atoms. The number of ether oxygens (including phenoxy) is 2. The van der Waals surface area contributed by atoms with Crippen LogP contribution in [0, 0.1) is 22.7 Å². The van der Waals surface area contributed by atoms with Crippen molar-refractivity contribution in [3.63, 3.8) is 0 Å². The van der Waals surface area contributed by atoms with Crippen LogP contribution >= 0.6 is 0 Å². The quantitative estimate of drug-likeness (QED) is 0.664. The second kappa shape index (κ2) is 3.27.